The van der Waals surface area contributed by atoms with E-state index in [0.717, 1.165) is 17.3 Å². The van der Waals surface area contributed by atoms with Gasteiger partial charge in [-0.1, -0.05) is 62.4 Å². The van der Waals surface area contributed by atoms with E-state index in [2.05, 4.69) is 39.3 Å². The predicted octanol–water partition coefficient (Wildman–Crippen LogP) is 4.94. The van der Waals surface area contributed by atoms with E-state index in [-0.39, 0.29) is 24.7 Å². The number of benzene rings is 2. The van der Waals surface area contributed by atoms with E-state index in [1.54, 1.807) is 30.5 Å². The summed E-state index contributed by atoms with van der Waals surface area (Å²) in [6, 6.07) is 14.6. The smallest absolute Gasteiger partial charge is 0.350 e. The first-order chi connectivity index (χ1) is 17.1. The Morgan fingerprint density at radius 3 is 2.39 bits per heavy atom. The van der Waals surface area contributed by atoms with Crippen LogP contribution in [0.3, 0.4) is 0 Å². The fourth-order valence-electron chi connectivity index (χ4n) is 3.79. The van der Waals surface area contributed by atoms with Gasteiger partial charge < -0.3 is 9.88 Å². The molecule has 0 saturated carbocycles. The lowest BCUT2D eigenvalue weighted by atomic mass is 9.97. The van der Waals surface area contributed by atoms with Crippen molar-refractivity contribution in [2.24, 2.45) is 7.05 Å². The fourth-order valence-corrected chi connectivity index (χ4v) is 3.79. The second-order valence-corrected chi connectivity index (χ2v) is 8.72. The third-order valence-corrected chi connectivity index (χ3v) is 5.64. The maximum absolute atomic E-state index is 12.9. The van der Waals surface area contributed by atoms with Crippen molar-refractivity contribution in [2.75, 3.05) is 0 Å². The Morgan fingerprint density at radius 2 is 1.78 bits per heavy atom. The van der Waals surface area contributed by atoms with Gasteiger partial charge in [0.1, 0.15) is 11.5 Å². The lowest BCUT2D eigenvalue weighted by Gasteiger charge is -2.11. The molecule has 7 nitrogen and oxygen atoms in total. The Morgan fingerprint density at radius 1 is 1.06 bits per heavy atom. The van der Waals surface area contributed by atoms with E-state index in [1.165, 1.54) is 11.6 Å². The second kappa shape index (κ2) is 10.3. The molecule has 2 heterocycles. The van der Waals surface area contributed by atoms with Gasteiger partial charge in [-0.25, -0.2) is 9.97 Å². The zero-order chi connectivity index (χ0) is 25.9. The SMILES string of the molecule is CC(C)c1ccccc1-c1ncc(CNC(=O)Cc2ccc(-c3nc(C(F)(F)F)cn3C)cc2)nn1. The average Bonchev–Trinajstić information content (AvgIpc) is 3.26. The molecule has 0 aliphatic rings. The Labute approximate surface area is 206 Å². The maximum Gasteiger partial charge on any atom is 0.434 e. The minimum absolute atomic E-state index is 0.106. The van der Waals surface area contributed by atoms with E-state index < -0.39 is 11.9 Å². The van der Waals surface area contributed by atoms with Crippen molar-refractivity contribution in [1.82, 2.24) is 30.0 Å². The standard InChI is InChI=1S/C26H25F3N6O/c1-16(2)20-6-4-5-7-21(20)24-31-14-19(33-34-24)13-30-23(36)12-17-8-10-18(11-9-17)25-32-22(15-35(25)3)26(27,28)29/h4-11,14-16H,12-13H2,1-3H3,(H,30,36). The Kier molecular flexibility index (Phi) is 7.14. The van der Waals surface area contributed by atoms with Crippen LogP contribution in [0.1, 0.15) is 42.3 Å². The van der Waals surface area contributed by atoms with Gasteiger partial charge in [-0.3, -0.25) is 4.79 Å². The molecule has 10 heteroatoms. The van der Waals surface area contributed by atoms with Gasteiger partial charge in [0.15, 0.2) is 11.5 Å². The number of nitrogens with zero attached hydrogens (tertiary/aromatic N) is 5. The van der Waals surface area contributed by atoms with Crippen LogP contribution in [0.2, 0.25) is 0 Å². The summed E-state index contributed by atoms with van der Waals surface area (Å²) in [6.07, 6.45) is -1.86. The average molecular weight is 495 g/mol. The number of rotatable bonds is 7. The molecule has 0 aliphatic carbocycles. The first-order valence-corrected chi connectivity index (χ1v) is 11.4. The van der Waals surface area contributed by atoms with Crippen LogP contribution < -0.4 is 5.32 Å². The summed E-state index contributed by atoms with van der Waals surface area (Å²) in [6.45, 7) is 4.38. The van der Waals surface area contributed by atoms with Gasteiger partial charge >= 0.3 is 6.18 Å². The van der Waals surface area contributed by atoms with Crippen molar-refractivity contribution in [3.8, 4) is 22.8 Å². The van der Waals surface area contributed by atoms with E-state index in [9.17, 15) is 18.0 Å². The van der Waals surface area contributed by atoms with Crippen LogP contribution >= 0.6 is 0 Å². The van der Waals surface area contributed by atoms with Gasteiger partial charge in [0, 0.05) is 24.4 Å². The van der Waals surface area contributed by atoms with Gasteiger partial charge in [0.25, 0.3) is 0 Å². The Balaban J connectivity index is 1.35. The normalized spacial score (nSPS) is 11.6. The quantitative estimate of drug-likeness (QED) is 0.393. The van der Waals surface area contributed by atoms with E-state index >= 15 is 0 Å². The van der Waals surface area contributed by atoms with Gasteiger partial charge in [0.05, 0.1) is 19.2 Å². The van der Waals surface area contributed by atoms with Crippen LogP contribution in [0.25, 0.3) is 22.8 Å². The van der Waals surface area contributed by atoms with Crippen molar-refractivity contribution < 1.29 is 18.0 Å². The monoisotopic (exact) mass is 494 g/mol. The van der Waals surface area contributed by atoms with Gasteiger partial charge in [-0.15, -0.1) is 10.2 Å². The molecule has 0 atom stereocenters. The number of nitrogens with one attached hydrogen (secondary N) is 1. The zero-order valence-corrected chi connectivity index (χ0v) is 20.0. The zero-order valence-electron chi connectivity index (χ0n) is 20.0. The first-order valence-electron chi connectivity index (χ1n) is 11.4. The van der Waals surface area contributed by atoms with Gasteiger partial charge in [0.2, 0.25) is 5.91 Å². The molecule has 0 fully saturated rings. The first kappa shape index (κ1) is 25.0. The Bertz CT molecular complexity index is 1350. The highest BCUT2D eigenvalue weighted by Gasteiger charge is 2.34. The van der Waals surface area contributed by atoms with Gasteiger partial charge in [-0.05, 0) is 17.0 Å². The highest BCUT2D eigenvalue weighted by molar-refractivity contribution is 5.78. The lowest BCUT2D eigenvalue weighted by Crippen LogP contribution is -2.25. The molecule has 0 bridgehead atoms. The molecule has 0 unspecified atom stereocenters. The van der Waals surface area contributed by atoms with Crippen LogP contribution in [0.4, 0.5) is 13.2 Å². The van der Waals surface area contributed by atoms with Crippen LogP contribution in [-0.4, -0.2) is 30.6 Å². The number of aromatic nitrogens is 5. The molecule has 4 rings (SSSR count). The number of aryl methyl sites for hydroxylation is 1. The summed E-state index contributed by atoms with van der Waals surface area (Å²) in [7, 11) is 1.51. The number of carbonyl (C=O) groups is 1. The lowest BCUT2D eigenvalue weighted by molar-refractivity contribution is -0.140. The summed E-state index contributed by atoms with van der Waals surface area (Å²) in [5.74, 6) is 0.822. The van der Waals surface area contributed by atoms with Crippen LogP contribution in [-0.2, 0) is 31.0 Å². The molecule has 2 aromatic heterocycles. The molecule has 0 aliphatic heterocycles. The summed E-state index contributed by atoms with van der Waals surface area (Å²) in [4.78, 5) is 20.5. The summed E-state index contributed by atoms with van der Waals surface area (Å²) < 4.78 is 40.1. The van der Waals surface area contributed by atoms with Crippen molar-refractivity contribution in [2.45, 2.75) is 38.9 Å². The summed E-state index contributed by atoms with van der Waals surface area (Å²) in [5, 5.41) is 11.2. The van der Waals surface area contributed by atoms with Crippen LogP contribution in [0.15, 0.2) is 60.9 Å². The molecule has 1 N–H and O–H groups in total. The third kappa shape index (κ3) is 5.76. The number of halogens is 3. The topological polar surface area (TPSA) is 85.6 Å². The molecule has 0 spiro atoms. The van der Waals surface area contributed by atoms with Crippen molar-refractivity contribution >= 4 is 5.91 Å². The second-order valence-electron chi connectivity index (χ2n) is 8.72. The molecular weight excluding hydrogens is 469 g/mol. The molecular formula is C26H25F3N6O. The van der Waals surface area contributed by atoms with Crippen molar-refractivity contribution in [3.63, 3.8) is 0 Å². The highest BCUT2D eigenvalue weighted by Crippen LogP contribution is 2.30. The Hall–Kier alpha value is -4.08. The molecule has 186 valence electrons. The van der Waals surface area contributed by atoms with E-state index in [0.29, 0.717) is 28.6 Å². The van der Waals surface area contributed by atoms with E-state index in [1.807, 2.05) is 24.3 Å². The molecule has 36 heavy (non-hydrogen) atoms. The molecule has 4 aromatic rings. The third-order valence-electron chi connectivity index (χ3n) is 5.64. The molecule has 0 radical (unpaired) electrons. The summed E-state index contributed by atoms with van der Waals surface area (Å²) >= 11 is 0. The van der Waals surface area contributed by atoms with Crippen molar-refractivity contribution in [1.29, 1.82) is 0 Å². The number of imidazole rings is 1. The highest BCUT2D eigenvalue weighted by atomic mass is 19.4. The summed E-state index contributed by atoms with van der Waals surface area (Å²) in [5.41, 5.74) is 2.89. The number of carbonyl (C=O) groups excluding carboxylic acids is 1. The molecule has 2 aromatic carbocycles. The minimum Gasteiger partial charge on any atom is -0.350 e. The number of hydrogen-bond donors (Lipinski definition) is 1. The number of alkyl halides is 3. The number of amides is 1. The fraction of sp³-hybridized carbons (Fsp3) is 0.269. The minimum atomic E-state index is -4.51. The molecule has 1 amide bonds. The van der Waals surface area contributed by atoms with Crippen LogP contribution in [0, 0.1) is 0 Å². The van der Waals surface area contributed by atoms with Crippen molar-refractivity contribution in [3.05, 3.63) is 83.4 Å². The largest absolute Gasteiger partial charge is 0.434 e. The van der Waals surface area contributed by atoms with Gasteiger partial charge in [-0.2, -0.15) is 13.2 Å². The predicted molar refractivity (Wildman–Crippen MR) is 129 cm³/mol. The number of hydrogen-bond acceptors (Lipinski definition) is 5. The maximum atomic E-state index is 12.9. The molecule has 0 saturated heterocycles. The van der Waals surface area contributed by atoms with E-state index in [4.69, 9.17) is 0 Å². The van der Waals surface area contributed by atoms with Crippen LogP contribution in [0.5, 0.6) is 0 Å².